The standard InChI is InChI=1S/C15H24N2O2S/c1-3-6-14-16-13(11-20-14)10-17-8-5-7-12(9-17)15(18)19-4-2/h11-12H,3-10H2,1-2H3/t12-/m0/s1. The van der Waals surface area contributed by atoms with Gasteiger partial charge in [0.2, 0.25) is 0 Å². The minimum atomic E-state index is -0.0397. The van der Waals surface area contributed by atoms with Crippen molar-refractivity contribution >= 4 is 17.3 Å². The highest BCUT2D eigenvalue weighted by Crippen LogP contribution is 2.21. The molecule has 20 heavy (non-hydrogen) atoms. The lowest BCUT2D eigenvalue weighted by Gasteiger charge is -2.30. The number of thiazole rings is 1. The minimum Gasteiger partial charge on any atom is -0.466 e. The molecular formula is C15H24N2O2S. The Morgan fingerprint density at radius 2 is 2.40 bits per heavy atom. The Labute approximate surface area is 125 Å². The molecular weight excluding hydrogens is 272 g/mol. The Balaban J connectivity index is 1.87. The molecule has 2 heterocycles. The lowest BCUT2D eigenvalue weighted by Crippen LogP contribution is -2.39. The van der Waals surface area contributed by atoms with Crippen molar-refractivity contribution < 1.29 is 9.53 Å². The van der Waals surface area contributed by atoms with Crippen LogP contribution in [0.15, 0.2) is 5.38 Å². The fourth-order valence-electron chi connectivity index (χ4n) is 2.63. The number of likely N-dealkylation sites (tertiary alicyclic amines) is 1. The molecule has 0 spiro atoms. The summed E-state index contributed by atoms with van der Waals surface area (Å²) in [5.74, 6) is -0.000372. The van der Waals surface area contributed by atoms with E-state index in [2.05, 4.69) is 22.2 Å². The van der Waals surface area contributed by atoms with E-state index in [-0.39, 0.29) is 11.9 Å². The maximum absolute atomic E-state index is 11.8. The number of aromatic nitrogens is 1. The smallest absolute Gasteiger partial charge is 0.310 e. The van der Waals surface area contributed by atoms with E-state index in [9.17, 15) is 4.79 Å². The number of piperidine rings is 1. The van der Waals surface area contributed by atoms with E-state index in [1.165, 1.54) is 5.01 Å². The number of carbonyl (C=O) groups excluding carboxylic acids is 1. The van der Waals surface area contributed by atoms with Gasteiger partial charge in [0.05, 0.1) is 23.2 Å². The second-order valence-corrected chi connectivity index (χ2v) is 6.25. The molecule has 0 aromatic carbocycles. The molecule has 0 amide bonds. The lowest BCUT2D eigenvalue weighted by atomic mass is 9.98. The van der Waals surface area contributed by atoms with Crippen LogP contribution in [0.3, 0.4) is 0 Å². The molecule has 1 aromatic heterocycles. The van der Waals surface area contributed by atoms with Crippen LogP contribution in [0.2, 0.25) is 0 Å². The molecule has 2 rings (SSSR count). The fraction of sp³-hybridized carbons (Fsp3) is 0.733. The Morgan fingerprint density at radius 3 is 3.15 bits per heavy atom. The Kier molecular flexibility index (Phi) is 5.98. The Bertz CT molecular complexity index is 433. The van der Waals surface area contributed by atoms with Crippen molar-refractivity contribution in [2.24, 2.45) is 5.92 Å². The highest BCUT2D eigenvalue weighted by Gasteiger charge is 2.27. The van der Waals surface area contributed by atoms with Gasteiger partial charge in [-0.1, -0.05) is 6.92 Å². The number of hydrogen-bond acceptors (Lipinski definition) is 5. The SMILES string of the molecule is CCCc1nc(CN2CCC[C@H](C(=O)OCC)C2)cs1. The van der Waals surface area contributed by atoms with Crippen molar-refractivity contribution in [3.05, 3.63) is 16.1 Å². The first-order valence-electron chi connectivity index (χ1n) is 7.55. The first kappa shape index (κ1) is 15.4. The molecule has 0 N–H and O–H groups in total. The van der Waals surface area contributed by atoms with Crippen molar-refractivity contribution in [1.29, 1.82) is 0 Å². The van der Waals surface area contributed by atoms with Gasteiger partial charge in [-0.05, 0) is 39.2 Å². The number of aryl methyl sites for hydroxylation is 1. The van der Waals surface area contributed by atoms with Gasteiger partial charge in [0.1, 0.15) is 0 Å². The summed E-state index contributed by atoms with van der Waals surface area (Å²) < 4.78 is 5.14. The maximum Gasteiger partial charge on any atom is 0.310 e. The molecule has 1 aliphatic heterocycles. The van der Waals surface area contributed by atoms with Crippen LogP contribution >= 0.6 is 11.3 Å². The molecule has 1 fully saturated rings. The summed E-state index contributed by atoms with van der Waals surface area (Å²) in [5, 5.41) is 3.38. The van der Waals surface area contributed by atoms with Crippen molar-refractivity contribution in [2.45, 2.75) is 46.1 Å². The number of esters is 1. The van der Waals surface area contributed by atoms with Gasteiger partial charge >= 0.3 is 5.97 Å². The van der Waals surface area contributed by atoms with Gasteiger partial charge < -0.3 is 4.74 Å². The number of carbonyl (C=O) groups is 1. The van der Waals surface area contributed by atoms with Crippen molar-refractivity contribution in [2.75, 3.05) is 19.7 Å². The molecule has 112 valence electrons. The van der Waals surface area contributed by atoms with E-state index < -0.39 is 0 Å². The monoisotopic (exact) mass is 296 g/mol. The van der Waals surface area contributed by atoms with Gasteiger partial charge in [0.25, 0.3) is 0 Å². The molecule has 0 bridgehead atoms. The van der Waals surface area contributed by atoms with E-state index in [0.29, 0.717) is 6.61 Å². The van der Waals surface area contributed by atoms with E-state index in [1.807, 2.05) is 6.92 Å². The van der Waals surface area contributed by atoms with Crippen LogP contribution in [0.1, 0.15) is 43.8 Å². The zero-order valence-electron chi connectivity index (χ0n) is 12.4. The molecule has 0 radical (unpaired) electrons. The van der Waals surface area contributed by atoms with Crippen LogP contribution in [0, 0.1) is 5.92 Å². The Morgan fingerprint density at radius 1 is 1.55 bits per heavy atom. The summed E-state index contributed by atoms with van der Waals surface area (Å²) in [5.41, 5.74) is 1.14. The average Bonchev–Trinajstić information content (AvgIpc) is 2.87. The predicted molar refractivity (Wildman–Crippen MR) is 80.7 cm³/mol. The van der Waals surface area contributed by atoms with Crippen molar-refractivity contribution in [1.82, 2.24) is 9.88 Å². The largest absolute Gasteiger partial charge is 0.466 e. The van der Waals surface area contributed by atoms with Crippen LogP contribution in [0.25, 0.3) is 0 Å². The highest BCUT2D eigenvalue weighted by molar-refractivity contribution is 7.09. The first-order chi connectivity index (χ1) is 9.72. The fourth-order valence-corrected chi connectivity index (χ4v) is 3.52. The zero-order valence-corrected chi connectivity index (χ0v) is 13.2. The third-order valence-electron chi connectivity index (χ3n) is 3.57. The van der Waals surface area contributed by atoms with Crippen molar-refractivity contribution in [3.8, 4) is 0 Å². The second kappa shape index (κ2) is 7.74. The number of rotatable bonds is 6. The quantitative estimate of drug-likeness (QED) is 0.757. The minimum absolute atomic E-state index is 0.0393. The van der Waals surface area contributed by atoms with Crippen LogP contribution in [0.4, 0.5) is 0 Å². The summed E-state index contributed by atoms with van der Waals surface area (Å²) >= 11 is 1.75. The van der Waals surface area contributed by atoms with Gasteiger partial charge in [-0.15, -0.1) is 11.3 Å². The molecule has 0 unspecified atom stereocenters. The van der Waals surface area contributed by atoms with Gasteiger partial charge in [-0.25, -0.2) is 4.98 Å². The van der Waals surface area contributed by atoms with E-state index in [4.69, 9.17) is 4.74 Å². The number of hydrogen-bond donors (Lipinski definition) is 0. The molecule has 0 saturated carbocycles. The molecule has 1 atom stereocenters. The third-order valence-corrected chi connectivity index (χ3v) is 4.53. The molecule has 1 aromatic rings. The predicted octanol–water partition coefficient (Wildman–Crippen LogP) is 2.87. The Hall–Kier alpha value is -0.940. The van der Waals surface area contributed by atoms with Crippen LogP contribution in [-0.2, 0) is 22.5 Å². The summed E-state index contributed by atoms with van der Waals surface area (Å²) in [4.78, 5) is 18.8. The first-order valence-corrected chi connectivity index (χ1v) is 8.43. The molecule has 4 nitrogen and oxygen atoms in total. The topological polar surface area (TPSA) is 42.4 Å². The average molecular weight is 296 g/mol. The number of ether oxygens (including phenoxy) is 1. The molecule has 5 heteroatoms. The normalized spacial score (nSPS) is 20.0. The lowest BCUT2D eigenvalue weighted by molar-refractivity contribution is -0.150. The zero-order chi connectivity index (χ0) is 14.4. The molecule has 1 aliphatic rings. The van der Waals surface area contributed by atoms with Gasteiger partial charge in [-0.2, -0.15) is 0 Å². The number of nitrogens with zero attached hydrogens (tertiary/aromatic N) is 2. The second-order valence-electron chi connectivity index (χ2n) is 5.31. The van der Waals surface area contributed by atoms with Crippen LogP contribution in [-0.4, -0.2) is 35.5 Å². The summed E-state index contributed by atoms with van der Waals surface area (Å²) in [6.07, 6.45) is 4.22. The summed E-state index contributed by atoms with van der Waals surface area (Å²) in [6.45, 7) is 7.23. The van der Waals surface area contributed by atoms with Crippen molar-refractivity contribution in [3.63, 3.8) is 0 Å². The van der Waals surface area contributed by atoms with Gasteiger partial charge in [0.15, 0.2) is 0 Å². The van der Waals surface area contributed by atoms with Crippen LogP contribution in [0.5, 0.6) is 0 Å². The molecule has 1 saturated heterocycles. The maximum atomic E-state index is 11.8. The van der Waals surface area contributed by atoms with E-state index in [0.717, 1.165) is 51.0 Å². The third kappa shape index (κ3) is 4.28. The summed E-state index contributed by atoms with van der Waals surface area (Å²) in [7, 11) is 0. The van der Waals surface area contributed by atoms with E-state index in [1.54, 1.807) is 11.3 Å². The highest BCUT2D eigenvalue weighted by atomic mass is 32.1. The van der Waals surface area contributed by atoms with E-state index >= 15 is 0 Å². The van der Waals surface area contributed by atoms with Gasteiger partial charge in [-0.3, -0.25) is 9.69 Å². The summed E-state index contributed by atoms with van der Waals surface area (Å²) in [6, 6.07) is 0. The molecule has 0 aliphatic carbocycles. The van der Waals surface area contributed by atoms with Crippen LogP contribution < -0.4 is 0 Å². The van der Waals surface area contributed by atoms with Gasteiger partial charge in [0, 0.05) is 18.5 Å².